The first-order chi connectivity index (χ1) is 10.6. The van der Waals surface area contributed by atoms with Crippen molar-refractivity contribution in [2.45, 2.75) is 12.5 Å². The standard InChI is InChI=1S/C16H14F2N2O2/c17-10-7-11(18)9-12(8-10)19-16(21)20-14-5-6-22-15-4-2-1-3-13(14)15/h1-4,7-9,14H,5-6H2,(H2,19,20,21)/t14-/m1/s1. The fourth-order valence-electron chi connectivity index (χ4n) is 2.44. The first-order valence-corrected chi connectivity index (χ1v) is 6.87. The molecule has 2 amide bonds. The summed E-state index contributed by atoms with van der Waals surface area (Å²) in [6, 6.07) is 9.57. The van der Waals surface area contributed by atoms with Gasteiger partial charge in [0.25, 0.3) is 0 Å². The molecule has 2 aromatic rings. The highest BCUT2D eigenvalue weighted by Gasteiger charge is 2.22. The summed E-state index contributed by atoms with van der Waals surface area (Å²) < 4.78 is 31.7. The highest BCUT2D eigenvalue weighted by Crippen LogP contribution is 2.31. The van der Waals surface area contributed by atoms with Crippen molar-refractivity contribution in [2.24, 2.45) is 0 Å². The van der Waals surface area contributed by atoms with Gasteiger partial charge in [0.1, 0.15) is 17.4 Å². The van der Waals surface area contributed by atoms with E-state index in [4.69, 9.17) is 4.74 Å². The van der Waals surface area contributed by atoms with Crippen LogP contribution in [0.15, 0.2) is 42.5 Å². The topological polar surface area (TPSA) is 50.4 Å². The molecule has 1 aliphatic heterocycles. The number of ether oxygens (including phenoxy) is 1. The lowest BCUT2D eigenvalue weighted by atomic mass is 10.0. The maximum atomic E-state index is 13.1. The Morgan fingerprint density at radius 2 is 1.86 bits per heavy atom. The van der Waals surface area contributed by atoms with Gasteiger partial charge in [-0.25, -0.2) is 13.6 Å². The Balaban J connectivity index is 1.70. The number of benzene rings is 2. The monoisotopic (exact) mass is 304 g/mol. The van der Waals surface area contributed by atoms with Crippen LogP contribution in [0.25, 0.3) is 0 Å². The molecule has 2 aromatic carbocycles. The predicted octanol–water partition coefficient (Wildman–Crippen LogP) is 3.61. The summed E-state index contributed by atoms with van der Waals surface area (Å²) in [7, 11) is 0. The Kier molecular flexibility index (Phi) is 3.91. The molecule has 0 spiro atoms. The van der Waals surface area contributed by atoms with Gasteiger partial charge < -0.3 is 15.4 Å². The largest absolute Gasteiger partial charge is 0.493 e. The predicted molar refractivity (Wildman–Crippen MR) is 77.8 cm³/mol. The van der Waals surface area contributed by atoms with E-state index in [0.717, 1.165) is 29.5 Å². The van der Waals surface area contributed by atoms with Gasteiger partial charge in [-0.15, -0.1) is 0 Å². The SMILES string of the molecule is O=C(Nc1cc(F)cc(F)c1)N[C@@H]1CCOc2ccccc21. The summed E-state index contributed by atoms with van der Waals surface area (Å²) in [6.45, 7) is 0.497. The third kappa shape index (κ3) is 3.16. The van der Waals surface area contributed by atoms with E-state index in [1.165, 1.54) is 0 Å². The Labute approximate surface area is 126 Å². The van der Waals surface area contributed by atoms with Crippen molar-refractivity contribution in [3.8, 4) is 5.75 Å². The van der Waals surface area contributed by atoms with E-state index in [9.17, 15) is 13.6 Å². The zero-order chi connectivity index (χ0) is 15.5. The third-order valence-electron chi connectivity index (χ3n) is 3.38. The molecule has 3 rings (SSSR count). The van der Waals surface area contributed by atoms with Crippen molar-refractivity contribution in [1.29, 1.82) is 0 Å². The zero-order valence-electron chi connectivity index (χ0n) is 11.6. The van der Waals surface area contributed by atoms with Crippen molar-refractivity contribution in [3.05, 3.63) is 59.7 Å². The second-order valence-corrected chi connectivity index (χ2v) is 4.98. The molecule has 0 aromatic heterocycles. The number of carbonyl (C=O) groups excluding carboxylic acids is 1. The molecule has 22 heavy (non-hydrogen) atoms. The van der Waals surface area contributed by atoms with Gasteiger partial charge in [0, 0.05) is 23.7 Å². The molecule has 0 bridgehead atoms. The quantitative estimate of drug-likeness (QED) is 0.890. The molecule has 0 aliphatic carbocycles. The van der Waals surface area contributed by atoms with Crippen LogP contribution in [0.3, 0.4) is 0 Å². The molecular formula is C16H14F2N2O2. The molecule has 4 nitrogen and oxygen atoms in total. The van der Waals surface area contributed by atoms with Gasteiger partial charge in [-0.1, -0.05) is 18.2 Å². The molecule has 0 saturated carbocycles. The lowest BCUT2D eigenvalue weighted by Gasteiger charge is -2.26. The number of nitrogens with one attached hydrogen (secondary N) is 2. The average molecular weight is 304 g/mol. The van der Waals surface area contributed by atoms with Gasteiger partial charge in [0.05, 0.1) is 12.6 Å². The minimum absolute atomic E-state index is 0.0651. The number of carbonyl (C=O) groups is 1. The molecule has 0 unspecified atom stereocenters. The van der Waals surface area contributed by atoms with E-state index in [0.29, 0.717) is 13.0 Å². The van der Waals surface area contributed by atoms with Crippen LogP contribution in [0.4, 0.5) is 19.3 Å². The van der Waals surface area contributed by atoms with Gasteiger partial charge in [-0.2, -0.15) is 0 Å². The van der Waals surface area contributed by atoms with Crippen LogP contribution >= 0.6 is 0 Å². The second-order valence-electron chi connectivity index (χ2n) is 4.98. The van der Waals surface area contributed by atoms with Crippen LogP contribution in [-0.2, 0) is 0 Å². The van der Waals surface area contributed by atoms with E-state index >= 15 is 0 Å². The van der Waals surface area contributed by atoms with E-state index in [1.807, 2.05) is 24.3 Å². The Hall–Kier alpha value is -2.63. The number of urea groups is 1. The minimum atomic E-state index is -0.744. The van der Waals surface area contributed by atoms with Gasteiger partial charge in [0.15, 0.2) is 0 Å². The summed E-state index contributed by atoms with van der Waals surface area (Å²) in [5, 5.41) is 5.22. The Morgan fingerprint density at radius 3 is 2.64 bits per heavy atom. The number of anilines is 1. The van der Waals surface area contributed by atoms with Crippen molar-refractivity contribution in [1.82, 2.24) is 5.32 Å². The minimum Gasteiger partial charge on any atom is -0.493 e. The van der Waals surface area contributed by atoms with Crippen LogP contribution < -0.4 is 15.4 Å². The molecule has 2 N–H and O–H groups in total. The van der Waals surface area contributed by atoms with Gasteiger partial charge in [0.2, 0.25) is 0 Å². The number of hydrogen-bond acceptors (Lipinski definition) is 2. The van der Waals surface area contributed by atoms with Crippen molar-refractivity contribution < 1.29 is 18.3 Å². The van der Waals surface area contributed by atoms with Crippen molar-refractivity contribution >= 4 is 11.7 Å². The average Bonchev–Trinajstić information content (AvgIpc) is 2.46. The van der Waals surface area contributed by atoms with Crippen LogP contribution in [-0.4, -0.2) is 12.6 Å². The van der Waals surface area contributed by atoms with E-state index < -0.39 is 17.7 Å². The molecule has 0 saturated heterocycles. The Morgan fingerprint density at radius 1 is 1.14 bits per heavy atom. The maximum absolute atomic E-state index is 13.1. The summed E-state index contributed by atoms with van der Waals surface area (Å²) in [5.41, 5.74) is 0.949. The van der Waals surface area contributed by atoms with E-state index in [1.54, 1.807) is 0 Å². The zero-order valence-corrected chi connectivity index (χ0v) is 11.6. The van der Waals surface area contributed by atoms with Gasteiger partial charge in [-0.05, 0) is 18.2 Å². The van der Waals surface area contributed by atoms with Crippen molar-refractivity contribution in [2.75, 3.05) is 11.9 Å². The number of rotatable bonds is 2. The van der Waals surface area contributed by atoms with E-state index in [-0.39, 0.29) is 11.7 Å². The first kappa shape index (κ1) is 14.3. The van der Waals surface area contributed by atoms with Crippen LogP contribution in [0.1, 0.15) is 18.0 Å². The lowest BCUT2D eigenvalue weighted by Crippen LogP contribution is -2.35. The number of hydrogen-bond donors (Lipinski definition) is 2. The maximum Gasteiger partial charge on any atom is 0.319 e. The molecular weight excluding hydrogens is 290 g/mol. The fraction of sp³-hybridized carbons (Fsp3) is 0.188. The summed E-state index contributed by atoms with van der Waals surface area (Å²) in [4.78, 5) is 12.0. The normalized spacial score (nSPS) is 16.4. The number of fused-ring (bicyclic) bond motifs is 1. The Bertz CT molecular complexity index is 686. The molecule has 6 heteroatoms. The van der Waals surface area contributed by atoms with E-state index in [2.05, 4.69) is 10.6 Å². The summed E-state index contributed by atoms with van der Waals surface area (Å²) in [6.07, 6.45) is 0.627. The number of amides is 2. The number of halogens is 2. The molecule has 1 heterocycles. The summed E-state index contributed by atoms with van der Waals surface area (Å²) >= 11 is 0. The van der Waals surface area contributed by atoms with Crippen LogP contribution in [0.5, 0.6) is 5.75 Å². The third-order valence-corrected chi connectivity index (χ3v) is 3.38. The number of para-hydroxylation sites is 1. The summed E-state index contributed by atoms with van der Waals surface area (Å²) in [5.74, 6) is -0.755. The fourth-order valence-corrected chi connectivity index (χ4v) is 2.44. The van der Waals surface area contributed by atoms with Crippen molar-refractivity contribution in [3.63, 3.8) is 0 Å². The smallest absolute Gasteiger partial charge is 0.319 e. The highest BCUT2D eigenvalue weighted by molar-refractivity contribution is 5.89. The van der Waals surface area contributed by atoms with Gasteiger partial charge in [-0.3, -0.25) is 0 Å². The first-order valence-electron chi connectivity index (χ1n) is 6.87. The second kappa shape index (κ2) is 6.01. The molecule has 1 atom stereocenters. The molecule has 1 aliphatic rings. The van der Waals surface area contributed by atoms with Gasteiger partial charge >= 0.3 is 6.03 Å². The molecule has 0 fully saturated rings. The van der Waals surface area contributed by atoms with Crippen LogP contribution in [0.2, 0.25) is 0 Å². The molecule has 0 radical (unpaired) electrons. The highest BCUT2D eigenvalue weighted by atomic mass is 19.1. The lowest BCUT2D eigenvalue weighted by molar-refractivity contribution is 0.232. The van der Waals surface area contributed by atoms with Crippen LogP contribution in [0, 0.1) is 11.6 Å². The molecule has 114 valence electrons.